The van der Waals surface area contributed by atoms with Gasteiger partial charge in [-0.25, -0.2) is 13.1 Å². The molecule has 1 aliphatic rings. The Bertz CT molecular complexity index is 312. The van der Waals surface area contributed by atoms with Crippen LogP contribution in [0.15, 0.2) is 0 Å². The highest BCUT2D eigenvalue weighted by Gasteiger charge is 2.27. The number of sulfonamides is 1. The molecule has 0 bridgehead atoms. The summed E-state index contributed by atoms with van der Waals surface area (Å²) in [5, 5.41) is 3.42. The van der Waals surface area contributed by atoms with Crippen molar-refractivity contribution in [2.75, 3.05) is 19.3 Å². The fraction of sp³-hybridized carbons (Fsp3) is 1.00. The first-order valence-corrected chi connectivity index (χ1v) is 7.86. The minimum absolute atomic E-state index is 0.431. The molecule has 0 aromatic carbocycles. The van der Waals surface area contributed by atoms with Crippen LogP contribution < -0.4 is 10.0 Å². The quantitative estimate of drug-likeness (QED) is 0.716. The van der Waals surface area contributed by atoms with Gasteiger partial charge in [0.1, 0.15) is 0 Å². The summed E-state index contributed by atoms with van der Waals surface area (Å²) in [5.41, 5.74) is 0.431. The van der Waals surface area contributed by atoms with Crippen molar-refractivity contribution in [2.24, 2.45) is 5.41 Å². The van der Waals surface area contributed by atoms with Crippen LogP contribution in [-0.4, -0.2) is 33.8 Å². The Morgan fingerprint density at radius 1 is 1.31 bits per heavy atom. The molecular weight excluding hydrogens is 224 g/mol. The van der Waals surface area contributed by atoms with Gasteiger partial charge < -0.3 is 5.32 Å². The maximum Gasteiger partial charge on any atom is 0.208 e. The summed E-state index contributed by atoms with van der Waals surface area (Å²) >= 11 is 0. The van der Waals surface area contributed by atoms with Crippen LogP contribution in [0.3, 0.4) is 0 Å². The summed E-state index contributed by atoms with van der Waals surface area (Å²) in [7, 11) is -3.04. The summed E-state index contributed by atoms with van der Waals surface area (Å²) in [5.74, 6) is 0. The molecule has 96 valence electrons. The topological polar surface area (TPSA) is 58.2 Å². The SMILES string of the molecule is CC1(C)CCCC(NCCNS(C)(=O)=O)C1. The zero-order valence-electron chi connectivity index (χ0n) is 10.5. The molecule has 1 aliphatic carbocycles. The van der Waals surface area contributed by atoms with Gasteiger partial charge in [-0.1, -0.05) is 20.3 Å². The molecule has 1 rings (SSSR count). The Morgan fingerprint density at radius 2 is 2.00 bits per heavy atom. The monoisotopic (exact) mass is 248 g/mol. The van der Waals surface area contributed by atoms with Crippen LogP contribution in [0.2, 0.25) is 0 Å². The lowest BCUT2D eigenvalue weighted by molar-refractivity contribution is 0.199. The lowest BCUT2D eigenvalue weighted by atomic mass is 9.75. The van der Waals surface area contributed by atoms with Gasteiger partial charge in [0, 0.05) is 19.1 Å². The molecular formula is C11H24N2O2S. The summed E-state index contributed by atoms with van der Waals surface area (Å²) in [6.07, 6.45) is 6.15. The standard InChI is InChI=1S/C11H24N2O2S/c1-11(2)6-4-5-10(9-11)12-7-8-13-16(3,14)15/h10,12-13H,4-9H2,1-3H3. The average molecular weight is 248 g/mol. The smallest absolute Gasteiger partial charge is 0.208 e. The normalized spacial score (nSPS) is 25.6. The van der Waals surface area contributed by atoms with Crippen molar-refractivity contribution in [3.8, 4) is 0 Å². The molecule has 2 N–H and O–H groups in total. The fourth-order valence-electron chi connectivity index (χ4n) is 2.39. The van der Waals surface area contributed by atoms with E-state index in [0.717, 1.165) is 0 Å². The number of nitrogens with one attached hydrogen (secondary N) is 2. The highest BCUT2D eigenvalue weighted by atomic mass is 32.2. The summed E-state index contributed by atoms with van der Waals surface area (Å²) in [6.45, 7) is 5.80. The summed E-state index contributed by atoms with van der Waals surface area (Å²) in [4.78, 5) is 0. The second kappa shape index (κ2) is 5.47. The molecule has 0 spiro atoms. The van der Waals surface area contributed by atoms with Crippen molar-refractivity contribution in [3.63, 3.8) is 0 Å². The van der Waals surface area contributed by atoms with Gasteiger partial charge in [-0.15, -0.1) is 0 Å². The van der Waals surface area contributed by atoms with Gasteiger partial charge in [-0.2, -0.15) is 0 Å². The van der Waals surface area contributed by atoms with E-state index in [1.807, 2.05) is 0 Å². The minimum atomic E-state index is -3.04. The van der Waals surface area contributed by atoms with E-state index in [0.29, 0.717) is 24.5 Å². The van der Waals surface area contributed by atoms with Gasteiger partial charge in [-0.05, 0) is 24.7 Å². The van der Waals surface area contributed by atoms with E-state index in [-0.39, 0.29) is 0 Å². The Morgan fingerprint density at radius 3 is 2.56 bits per heavy atom. The Labute approximate surface area is 99.2 Å². The second-order valence-corrected chi connectivity index (χ2v) is 7.41. The van der Waals surface area contributed by atoms with E-state index in [2.05, 4.69) is 23.9 Å². The molecule has 0 amide bonds. The molecule has 0 aromatic rings. The Kier molecular flexibility index (Phi) is 4.76. The van der Waals surface area contributed by atoms with Crippen LogP contribution >= 0.6 is 0 Å². The van der Waals surface area contributed by atoms with Crippen molar-refractivity contribution in [2.45, 2.75) is 45.6 Å². The third-order valence-corrected chi connectivity index (χ3v) is 3.86. The largest absolute Gasteiger partial charge is 0.313 e. The van der Waals surface area contributed by atoms with Crippen LogP contribution in [0.25, 0.3) is 0 Å². The Balaban J connectivity index is 2.18. The molecule has 0 radical (unpaired) electrons. The molecule has 1 unspecified atom stereocenters. The molecule has 16 heavy (non-hydrogen) atoms. The molecule has 1 saturated carbocycles. The van der Waals surface area contributed by atoms with Gasteiger partial charge in [-0.3, -0.25) is 0 Å². The maximum atomic E-state index is 10.8. The van der Waals surface area contributed by atoms with Crippen molar-refractivity contribution in [1.29, 1.82) is 0 Å². The van der Waals surface area contributed by atoms with E-state index < -0.39 is 10.0 Å². The lowest BCUT2D eigenvalue weighted by Gasteiger charge is -2.35. The molecule has 1 atom stereocenters. The first kappa shape index (κ1) is 13.9. The van der Waals surface area contributed by atoms with Crippen molar-refractivity contribution < 1.29 is 8.42 Å². The minimum Gasteiger partial charge on any atom is -0.313 e. The van der Waals surface area contributed by atoms with E-state index >= 15 is 0 Å². The fourth-order valence-corrected chi connectivity index (χ4v) is 2.86. The second-order valence-electron chi connectivity index (χ2n) is 5.58. The molecule has 0 aliphatic heterocycles. The molecule has 0 aromatic heterocycles. The molecule has 5 heteroatoms. The molecule has 1 fully saturated rings. The van der Waals surface area contributed by atoms with E-state index in [9.17, 15) is 8.42 Å². The number of rotatable bonds is 5. The predicted molar refractivity (Wildman–Crippen MR) is 66.9 cm³/mol. The molecule has 0 saturated heterocycles. The first-order valence-electron chi connectivity index (χ1n) is 5.97. The van der Waals surface area contributed by atoms with E-state index in [1.54, 1.807) is 0 Å². The van der Waals surface area contributed by atoms with Crippen LogP contribution in [0.5, 0.6) is 0 Å². The third kappa shape index (κ3) is 5.82. The van der Waals surface area contributed by atoms with Crippen molar-refractivity contribution in [1.82, 2.24) is 10.0 Å². The van der Waals surface area contributed by atoms with Crippen LogP contribution in [0, 0.1) is 5.41 Å². The van der Waals surface area contributed by atoms with Gasteiger partial charge in [0.05, 0.1) is 6.26 Å². The highest BCUT2D eigenvalue weighted by Crippen LogP contribution is 2.34. The van der Waals surface area contributed by atoms with Crippen LogP contribution in [0.1, 0.15) is 39.5 Å². The zero-order chi connectivity index (χ0) is 12.2. The van der Waals surface area contributed by atoms with Gasteiger partial charge in [0.2, 0.25) is 10.0 Å². The summed E-state index contributed by atoms with van der Waals surface area (Å²) in [6, 6.07) is 0.546. The van der Waals surface area contributed by atoms with Gasteiger partial charge in [0.15, 0.2) is 0 Å². The maximum absolute atomic E-state index is 10.8. The third-order valence-electron chi connectivity index (χ3n) is 3.13. The van der Waals surface area contributed by atoms with E-state index in [4.69, 9.17) is 0 Å². The van der Waals surface area contributed by atoms with Crippen molar-refractivity contribution in [3.05, 3.63) is 0 Å². The van der Waals surface area contributed by atoms with Crippen LogP contribution in [-0.2, 0) is 10.0 Å². The Hall–Kier alpha value is -0.130. The van der Waals surface area contributed by atoms with Crippen LogP contribution in [0.4, 0.5) is 0 Å². The molecule has 4 nitrogen and oxygen atoms in total. The average Bonchev–Trinajstić information content (AvgIpc) is 2.09. The first-order chi connectivity index (χ1) is 7.29. The molecule has 0 heterocycles. The van der Waals surface area contributed by atoms with E-state index in [1.165, 1.54) is 31.9 Å². The zero-order valence-corrected chi connectivity index (χ0v) is 11.4. The number of hydrogen-bond donors (Lipinski definition) is 2. The number of hydrogen-bond acceptors (Lipinski definition) is 3. The highest BCUT2D eigenvalue weighted by molar-refractivity contribution is 7.88. The summed E-state index contributed by atoms with van der Waals surface area (Å²) < 4.78 is 24.2. The van der Waals surface area contributed by atoms with Crippen molar-refractivity contribution >= 4 is 10.0 Å². The van der Waals surface area contributed by atoms with Gasteiger partial charge >= 0.3 is 0 Å². The lowest BCUT2D eigenvalue weighted by Crippen LogP contribution is -2.41. The van der Waals surface area contributed by atoms with Gasteiger partial charge in [0.25, 0.3) is 0 Å². The predicted octanol–water partition coefficient (Wildman–Crippen LogP) is 1.09.